The SMILES string of the molecule is O=c1n(Cc2ccc(N3CCOCC3)cc2)nc2c(-c3ccc(Cl)cc3)c(-c3ccc(Cl)cc3)cnn12. The summed E-state index contributed by atoms with van der Waals surface area (Å²) in [5, 5.41) is 10.5. The number of benzene rings is 3. The van der Waals surface area contributed by atoms with Gasteiger partial charge in [0.1, 0.15) is 0 Å². The van der Waals surface area contributed by atoms with Crippen LogP contribution in [0.2, 0.25) is 10.0 Å². The number of fused-ring (bicyclic) bond motifs is 1. The van der Waals surface area contributed by atoms with Crippen molar-refractivity contribution in [3.8, 4) is 22.3 Å². The molecule has 7 nitrogen and oxygen atoms in total. The Labute approximate surface area is 223 Å². The van der Waals surface area contributed by atoms with Crippen LogP contribution in [0.3, 0.4) is 0 Å². The van der Waals surface area contributed by atoms with Gasteiger partial charge in [0.25, 0.3) is 0 Å². The molecule has 186 valence electrons. The van der Waals surface area contributed by atoms with Crippen molar-refractivity contribution in [3.05, 3.63) is 105 Å². The van der Waals surface area contributed by atoms with Gasteiger partial charge < -0.3 is 9.64 Å². The molecule has 0 amide bonds. The van der Waals surface area contributed by atoms with Crippen LogP contribution in [0.1, 0.15) is 5.56 Å². The molecule has 0 unspecified atom stereocenters. The second kappa shape index (κ2) is 10.0. The molecule has 1 fully saturated rings. The van der Waals surface area contributed by atoms with Gasteiger partial charge in [-0.2, -0.15) is 9.61 Å². The number of morpholine rings is 1. The van der Waals surface area contributed by atoms with Crippen molar-refractivity contribution in [1.29, 1.82) is 0 Å². The molecule has 3 heterocycles. The first kappa shape index (κ1) is 23.7. The highest BCUT2D eigenvalue weighted by atomic mass is 35.5. The summed E-state index contributed by atoms with van der Waals surface area (Å²) in [7, 11) is 0. The average molecular weight is 532 g/mol. The Hall–Kier alpha value is -3.65. The van der Waals surface area contributed by atoms with Gasteiger partial charge in [0.2, 0.25) is 0 Å². The lowest BCUT2D eigenvalue weighted by Gasteiger charge is -2.28. The fourth-order valence-corrected chi connectivity index (χ4v) is 4.87. The molecule has 0 aliphatic carbocycles. The smallest absolute Gasteiger partial charge is 0.367 e. The predicted octanol–water partition coefficient (Wildman–Crippen LogP) is 5.42. The minimum Gasteiger partial charge on any atom is -0.378 e. The molecule has 0 bridgehead atoms. The van der Waals surface area contributed by atoms with Crippen LogP contribution in [-0.4, -0.2) is 45.7 Å². The maximum Gasteiger partial charge on any atom is 0.367 e. The molecule has 0 saturated carbocycles. The number of aromatic nitrogens is 4. The highest BCUT2D eigenvalue weighted by Gasteiger charge is 2.19. The summed E-state index contributed by atoms with van der Waals surface area (Å²) in [6.07, 6.45) is 1.70. The Morgan fingerprint density at radius 1 is 0.811 bits per heavy atom. The molecular weight excluding hydrogens is 509 g/mol. The van der Waals surface area contributed by atoms with Gasteiger partial charge in [-0.25, -0.2) is 9.48 Å². The molecule has 5 aromatic rings. The normalized spacial score (nSPS) is 13.8. The molecule has 3 aromatic carbocycles. The standard InChI is InChI=1S/C28H23Cl2N5O2/c29-22-7-3-20(4-8-22)25-17-31-35-27(26(25)21-5-9-23(30)10-6-21)32-34(28(35)36)18-19-1-11-24(12-2-19)33-13-15-37-16-14-33/h1-12,17H,13-16,18H2. The van der Waals surface area contributed by atoms with Crippen molar-refractivity contribution in [1.82, 2.24) is 19.4 Å². The van der Waals surface area contributed by atoms with Crippen LogP contribution < -0.4 is 10.6 Å². The highest BCUT2D eigenvalue weighted by Crippen LogP contribution is 2.35. The summed E-state index contributed by atoms with van der Waals surface area (Å²) in [5.41, 5.74) is 5.75. The molecule has 1 aliphatic heterocycles. The average Bonchev–Trinajstić information content (AvgIpc) is 3.25. The molecule has 0 N–H and O–H groups in total. The molecule has 37 heavy (non-hydrogen) atoms. The zero-order valence-electron chi connectivity index (χ0n) is 19.8. The van der Waals surface area contributed by atoms with Gasteiger partial charge in [-0.3, -0.25) is 0 Å². The molecule has 6 rings (SSSR count). The molecule has 0 spiro atoms. The van der Waals surface area contributed by atoms with E-state index >= 15 is 0 Å². The summed E-state index contributed by atoms with van der Waals surface area (Å²) < 4.78 is 8.25. The zero-order valence-corrected chi connectivity index (χ0v) is 21.4. The van der Waals surface area contributed by atoms with E-state index in [0.29, 0.717) is 22.2 Å². The van der Waals surface area contributed by atoms with Crippen LogP contribution in [0.5, 0.6) is 0 Å². The lowest BCUT2D eigenvalue weighted by molar-refractivity contribution is 0.122. The molecule has 1 aliphatic rings. The Balaban J connectivity index is 1.42. The zero-order chi connectivity index (χ0) is 25.4. The van der Waals surface area contributed by atoms with Crippen molar-refractivity contribution < 1.29 is 4.74 Å². The Bertz CT molecular complexity index is 1600. The highest BCUT2D eigenvalue weighted by molar-refractivity contribution is 6.31. The number of rotatable bonds is 5. The largest absolute Gasteiger partial charge is 0.378 e. The van der Waals surface area contributed by atoms with E-state index in [1.807, 2.05) is 60.7 Å². The van der Waals surface area contributed by atoms with Crippen molar-refractivity contribution in [2.75, 3.05) is 31.2 Å². The fraction of sp³-hybridized carbons (Fsp3) is 0.179. The van der Waals surface area contributed by atoms with Gasteiger partial charge in [0.15, 0.2) is 5.65 Å². The number of nitrogens with zero attached hydrogens (tertiary/aromatic N) is 5. The fourth-order valence-electron chi connectivity index (χ4n) is 4.62. The van der Waals surface area contributed by atoms with Crippen LogP contribution in [0.25, 0.3) is 27.9 Å². The Morgan fingerprint density at radius 2 is 1.43 bits per heavy atom. The van der Waals surface area contributed by atoms with E-state index in [2.05, 4.69) is 22.1 Å². The summed E-state index contributed by atoms with van der Waals surface area (Å²) in [4.78, 5) is 15.6. The number of ether oxygens (including phenoxy) is 1. The van der Waals surface area contributed by atoms with Crippen LogP contribution >= 0.6 is 23.2 Å². The maximum absolute atomic E-state index is 13.3. The summed E-state index contributed by atoms with van der Waals surface area (Å²) in [6.45, 7) is 3.56. The van der Waals surface area contributed by atoms with E-state index in [1.54, 1.807) is 6.20 Å². The third-order valence-electron chi connectivity index (χ3n) is 6.55. The van der Waals surface area contributed by atoms with Crippen molar-refractivity contribution in [3.63, 3.8) is 0 Å². The number of anilines is 1. The van der Waals surface area contributed by atoms with E-state index in [-0.39, 0.29) is 5.69 Å². The first-order chi connectivity index (χ1) is 18.1. The first-order valence-corrected chi connectivity index (χ1v) is 12.7. The second-order valence-corrected chi connectivity index (χ2v) is 9.76. The molecular formula is C28H23Cl2N5O2. The lowest BCUT2D eigenvalue weighted by Crippen LogP contribution is -2.36. The Kier molecular flexibility index (Phi) is 6.42. The molecule has 2 aromatic heterocycles. The molecule has 0 radical (unpaired) electrons. The van der Waals surface area contributed by atoms with Gasteiger partial charge in [-0.15, -0.1) is 5.10 Å². The molecule has 1 saturated heterocycles. The lowest BCUT2D eigenvalue weighted by atomic mass is 9.97. The summed E-state index contributed by atoms with van der Waals surface area (Å²) in [5.74, 6) is 0. The maximum atomic E-state index is 13.3. The number of halogens is 2. The van der Waals surface area contributed by atoms with Gasteiger partial charge in [-0.1, -0.05) is 59.6 Å². The molecule has 9 heteroatoms. The van der Waals surface area contributed by atoms with E-state index < -0.39 is 0 Å². The Morgan fingerprint density at radius 3 is 2.08 bits per heavy atom. The third kappa shape index (κ3) is 4.73. The summed E-state index contributed by atoms with van der Waals surface area (Å²) in [6, 6.07) is 23.2. The van der Waals surface area contributed by atoms with Crippen LogP contribution in [0, 0.1) is 0 Å². The number of hydrogen-bond acceptors (Lipinski definition) is 5. The minimum absolute atomic E-state index is 0.301. The van der Waals surface area contributed by atoms with Crippen LogP contribution in [0.4, 0.5) is 5.69 Å². The minimum atomic E-state index is -0.301. The van der Waals surface area contributed by atoms with Crippen molar-refractivity contribution in [2.24, 2.45) is 0 Å². The van der Waals surface area contributed by atoms with Gasteiger partial charge >= 0.3 is 5.69 Å². The predicted molar refractivity (Wildman–Crippen MR) is 147 cm³/mol. The van der Waals surface area contributed by atoms with E-state index in [9.17, 15) is 4.79 Å². The molecule has 0 atom stereocenters. The van der Waals surface area contributed by atoms with Crippen LogP contribution in [0.15, 0.2) is 83.8 Å². The number of hydrogen-bond donors (Lipinski definition) is 0. The van der Waals surface area contributed by atoms with Gasteiger partial charge in [-0.05, 0) is 53.1 Å². The van der Waals surface area contributed by atoms with E-state index in [0.717, 1.165) is 59.8 Å². The first-order valence-electron chi connectivity index (χ1n) is 12.0. The monoisotopic (exact) mass is 531 g/mol. The van der Waals surface area contributed by atoms with Crippen LogP contribution in [-0.2, 0) is 11.3 Å². The van der Waals surface area contributed by atoms with E-state index in [4.69, 9.17) is 33.0 Å². The van der Waals surface area contributed by atoms with Crippen molar-refractivity contribution in [2.45, 2.75) is 6.54 Å². The summed E-state index contributed by atoms with van der Waals surface area (Å²) >= 11 is 12.3. The quantitative estimate of drug-likeness (QED) is 0.303. The van der Waals surface area contributed by atoms with Crippen molar-refractivity contribution >= 4 is 34.5 Å². The topological polar surface area (TPSA) is 64.7 Å². The second-order valence-electron chi connectivity index (χ2n) is 8.89. The third-order valence-corrected chi connectivity index (χ3v) is 7.05. The van der Waals surface area contributed by atoms with Gasteiger partial charge in [0, 0.05) is 39.9 Å². The van der Waals surface area contributed by atoms with Gasteiger partial charge in [0.05, 0.1) is 26.0 Å². The van der Waals surface area contributed by atoms with E-state index in [1.165, 1.54) is 9.20 Å².